The fourth-order valence-corrected chi connectivity index (χ4v) is 10.5. The minimum absolute atomic E-state index is 0.0230. The molecule has 1 aliphatic rings. The predicted molar refractivity (Wildman–Crippen MR) is 148 cm³/mol. The van der Waals surface area contributed by atoms with Crippen molar-refractivity contribution in [1.29, 1.82) is 0 Å². The molecule has 0 heterocycles. The second kappa shape index (κ2) is 13.0. The van der Waals surface area contributed by atoms with Crippen LogP contribution in [0.1, 0.15) is 91.9 Å². The van der Waals surface area contributed by atoms with Gasteiger partial charge in [0.05, 0.1) is 0 Å². The fourth-order valence-electron chi connectivity index (χ4n) is 5.79. The average Bonchev–Trinajstić information content (AvgIpc) is 3.57. The predicted octanol–water partition coefficient (Wildman–Crippen LogP) is 7.09. The Morgan fingerprint density at radius 2 is 1.41 bits per heavy atom. The van der Waals surface area contributed by atoms with E-state index in [0.717, 1.165) is 24.7 Å². The maximum absolute atomic E-state index is 9.96. The Labute approximate surface area is 210 Å². The third kappa shape index (κ3) is 7.05. The lowest BCUT2D eigenvalue weighted by Gasteiger charge is -2.45. The summed E-state index contributed by atoms with van der Waals surface area (Å²) in [5.41, 5.74) is 0. The molecule has 1 N–H and O–H groups in total. The first-order chi connectivity index (χ1) is 16.4. The van der Waals surface area contributed by atoms with E-state index in [9.17, 15) is 5.11 Å². The van der Waals surface area contributed by atoms with E-state index in [1.807, 2.05) is 0 Å². The molecule has 0 amide bonds. The van der Waals surface area contributed by atoms with Gasteiger partial charge in [-0.1, -0.05) is 133 Å². The van der Waals surface area contributed by atoms with Gasteiger partial charge in [0.1, 0.15) is 0 Å². The quantitative estimate of drug-likeness (QED) is 0.218. The van der Waals surface area contributed by atoms with Crippen molar-refractivity contribution >= 4 is 18.7 Å². The van der Waals surface area contributed by atoms with Crippen LogP contribution in [0, 0.1) is 11.8 Å². The molecule has 0 bridgehead atoms. The molecule has 3 unspecified atom stereocenters. The van der Waals surface area contributed by atoms with Crippen LogP contribution in [0.3, 0.4) is 0 Å². The second-order valence-corrected chi connectivity index (χ2v) is 15.7. The van der Waals surface area contributed by atoms with Gasteiger partial charge < -0.3 is 9.53 Å². The third-order valence-electron chi connectivity index (χ3n) is 7.77. The summed E-state index contributed by atoms with van der Waals surface area (Å²) in [5, 5.41) is 12.6. The molecular weight excluding hydrogens is 432 g/mol. The summed E-state index contributed by atoms with van der Waals surface area (Å²) in [5.74, 6) is 1.64. The van der Waals surface area contributed by atoms with Gasteiger partial charge in [-0.15, -0.1) is 0 Å². The Balaban J connectivity index is 1.74. The summed E-state index contributed by atoms with van der Waals surface area (Å²) in [6.45, 7) is 9.50. The molecule has 2 aromatic rings. The van der Waals surface area contributed by atoms with Gasteiger partial charge in [-0.05, 0) is 46.5 Å². The minimum Gasteiger partial charge on any atom is -0.404 e. The lowest BCUT2D eigenvalue weighted by Crippen LogP contribution is -2.67. The van der Waals surface area contributed by atoms with Gasteiger partial charge in [-0.2, -0.15) is 0 Å². The Morgan fingerprint density at radius 3 is 1.94 bits per heavy atom. The van der Waals surface area contributed by atoms with E-state index in [-0.39, 0.29) is 17.7 Å². The number of hydrogen-bond donors (Lipinski definition) is 1. The van der Waals surface area contributed by atoms with Crippen LogP contribution in [0.4, 0.5) is 0 Å². The van der Waals surface area contributed by atoms with Crippen LogP contribution in [0.15, 0.2) is 60.7 Å². The highest BCUT2D eigenvalue weighted by atomic mass is 28.4. The van der Waals surface area contributed by atoms with E-state index in [1.165, 1.54) is 61.7 Å². The van der Waals surface area contributed by atoms with Crippen molar-refractivity contribution in [2.75, 3.05) is 6.61 Å². The molecule has 34 heavy (non-hydrogen) atoms. The lowest BCUT2D eigenvalue weighted by atomic mass is 10.0. The normalized spacial score (nSPS) is 19.2. The number of aliphatic hydroxyl groups is 1. The Hall–Kier alpha value is -1.42. The van der Waals surface area contributed by atoms with E-state index in [4.69, 9.17) is 4.43 Å². The Kier molecular flexibility index (Phi) is 10.4. The molecule has 3 heteroatoms. The highest BCUT2D eigenvalue weighted by Gasteiger charge is 2.52. The summed E-state index contributed by atoms with van der Waals surface area (Å²) < 4.78 is 7.36. The maximum atomic E-state index is 9.96. The summed E-state index contributed by atoms with van der Waals surface area (Å²) >= 11 is 0. The van der Waals surface area contributed by atoms with Crippen molar-refractivity contribution in [2.45, 2.75) is 103 Å². The first kappa shape index (κ1) is 27.2. The maximum Gasteiger partial charge on any atom is 0.261 e. The van der Waals surface area contributed by atoms with Gasteiger partial charge in [0.25, 0.3) is 8.32 Å². The zero-order chi connectivity index (χ0) is 24.4. The highest BCUT2D eigenvalue weighted by molar-refractivity contribution is 6.99. The molecule has 0 radical (unpaired) electrons. The standard InChI is InChI=1S/C31H48O2Si/c1-5-6-7-8-9-12-17-26-24-27(26)25-28(22-23-32)33-34(31(2,3)4,29-18-13-10-14-19-29)30-20-15-11-16-21-30/h10-11,13-16,18-21,26-28,32H,5-9,12,17,22-25H2,1-4H3. The summed E-state index contributed by atoms with van der Waals surface area (Å²) in [6.07, 6.45) is 12.9. The summed E-state index contributed by atoms with van der Waals surface area (Å²) in [4.78, 5) is 0. The molecule has 0 saturated heterocycles. The summed E-state index contributed by atoms with van der Waals surface area (Å²) in [7, 11) is -2.57. The third-order valence-corrected chi connectivity index (χ3v) is 12.9. The molecule has 2 nitrogen and oxygen atoms in total. The number of hydrogen-bond acceptors (Lipinski definition) is 2. The van der Waals surface area contributed by atoms with Crippen molar-refractivity contribution in [2.24, 2.45) is 11.8 Å². The molecule has 188 valence electrons. The van der Waals surface area contributed by atoms with E-state index in [1.54, 1.807) is 0 Å². The van der Waals surface area contributed by atoms with E-state index < -0.39 is 8.32 Å². The van der Waals surface area contributed by atoms with Gasteiger partial charge in [-0.25, -0.2) is 0 Å². The first-order valence-electron chi connectivity index (χ1n) is 13.8. The highest BCUT2D eigenvalue weighted by Crippen LogP contribution is 2.47. The Morgan fingerprint density at radius 1 is 0.853 bits per heavy atom. The van der Waals surface area contributed by atoms with Crippen LogP contribution >= 0.6 is 0 Å². The lowest BCUT2D eigenvalue weighted by molar-refractivity contribution is 0.129. The zero-order valence-corrected chi connectivity index (χ0v) is 23.1. The van der Waals surface area contributed by atoms with Gasteiger partial charge in [0.2, 0.25) is 0 Å². The molecule has 3 rings (SSSR count). The van der Waals surface area contributed by atoms with Crippen LogP contribution in [-0.4, -0.2) is 26.1 Å². The van der Waals surface area contributed by atoms with Gasteiger partial charge in [-0.3, -0.25) is 0 Å². The van der Waals surface area contributed by atoms with E-state index in [2.05, 4.69) is 88.4 Å². The number of benzene rings is 2. The second-order valence-electron chi connectivity index (χ2n) is 11.5. The van der Waals surface area contributed by atoms with Gasteiger partial charge >= 0.3 is 0 Å². The fraction of sp³-hybridized carbons (Fsp3) is 0.613. The van der Waals surface area contributed by atoms with Crippen molar-refractivity contribution in [3.05, 3.63) is 60.7 Å². The first-order valence-corrected chi connectivity index (χ1v) is 15.7. The molecule has 1 saturated carbocycles. The molecule has 3 atom stereocenters. The van der Waals surface area contributed by atoms with Gasteiger partial charge in [0.15, 0.2) is 0 Å². The van der Waals surface area contributed by atoms with Crippen LogP contribution in [0.2, 0.25) is 5.04 Å². The van der Waals surface area contributed by atoms with Crippen molar-refractivity contribution in [1.82, 2.24) is 0 Å². The molecule has 0 aromatic heterocycles. The molecule has 0 spiro atoms. The van der Waals surface area contributed by atoms with Crippen molar-refractivity contribution < 1.29 is 9.53 Å². The smallest absolute Gasteiger partial charge is 0.261 e. The number of aliphatic hydroxyl groups excluding tert-OH is 1. The van der Waals surface area contributed by atoms with E-state index >= 15 is 0 Å². The molecule has 1 fully saturated rings. The monoisotopic (exact) mass is 480 g/mol. The minimum atomic E-state index is -2.57. The Bertz CT molecular complexity index is 775. The molecular formula is C31H48O2Si. The molecule has 0 aliphatic heterocycles. The van der Waals surface area contributed by atoms with Crippen LogP contribution in [0.5, 0.6) is 0 Å². The van der Waals surface area contributed by atoms with Crippen LogP contribution in [0.25, 0.3) is 0 Å². The average molecular weight is 481 g/mol. The summed E-state index contributed by atoms with van der Waals surface area (Å²) in [6, 6.07) is 21.8. The zero-order valence-electron chi connectivity index (χ0n) is 22.1. The van der Waals surface area contributed by atoms with Crippen molar-refractivity contribution in [3.63, 3.8) is 0 Å². The van der Waals surface area contributed by atoms with Gasteiger partial charge in [0, 0.05) is 12.7 Å². The number of rotatable bonds is 15. The van der Waals surface area contributed by atoms with Crippen molar-refractivity contribution in [3.8, 4) is 0 Å². The topological polar surface area (TPSA) is 29.5 Å². The van der Waals surface area contributed by atoms with E-state index in [0.29, 0.717) is 0 Å². The van der Waals surface area contributed by atoms with Crippen LogP contribution < -0.4 is 10.4 Å². The molecule has 1 aliphatic carbocycles. The molecule has 2 aromatic carbocycles. The largest absolute Gasteiger partial charge is 0.404 e. The van der Waals surface area contributed by atoms with Crippen LogP contribution in [-0.2, 0) is 4.43 Å². The number of unbranched alkanes of at least 4 members (excludes halogenated alkanes) is 5. The SMILES string of the molecule is CCCCCCCCC1CC1CC(CCO)O[Si](c1ccccc1)(c1ccccc1)C(C)(C)C.